The van der Waals surface area contributed by atoms with Gasteiger partial charge in [-0.2, -0.15) is 0 Å². The van der Waals surface area contributed by atoms with Crippen LogP contribution in [0.25, 0.3) is 0 Å². The van der Waals surface area contributed by atoms with E-state index >= 15 is 0 Å². The highest BCUT2D eigenvalue weighted by molar-refractivity contribution is 6.30. The Bertz CT molecular complexity index is 269. The van der Waals surface area contributed by atoms with Crippen molar-refractivity contribution in [2.75, 3.05) is 0 Å². The number of rotatable bonds is 2. The van der Waals surface area contributed by atoms with Crippen molar-refractivity contribution in [1.82, 2.24) is 0 Å². The van der Waals surface area contributed by atoms with E-state index in [9.17, 15) is 0 Å². The van der Waals surface area contributed by atoms with E-state index < -0.39 is 0 Å². The molecule has 0 aliphatic rings. The molecule has 1 nitrogen and oxygen atoms in total. The molecule has 66 valence electrons. The fourth-order valence-corrected chi connectivity index (χ4v) is 1.23. The fraction of sp³-hybridized carbons (Fsp3) is 0.400. The Hall–Kier alpha value is -0.690. The number of ether oxygens (including phenoxy) is 1. The topological polar surface area (TPSA) is 9.23 Å². The van der Waals surface area contributed by atoms with Crippen molar-refractivity contribution in [3.05, 3.63) is 28.8 Å². The van der Waals surface area contributed by atoms with E-state index in [1.165, 1.54) is 0 Å². The van der Waals surface area contributed by atoms with Gasteiger partial charge < -0.3 is 4.74 Å². The Morgan fingerprint density at radius 3 is 2.50 bits per heavy atom. The second-order valence-corrected chi connectivity index (χ2v) is 3.51. The zero-order valence-corrected chi connectivity index (χ0v) is 8.35. The van der Waals surface area contributed by atoms with Gasteiger partial charge in [0.2, 0.25) is 0 Å². The minimum atomic E-state index is 0.213. The Labute approximate surface area is 78.3 Å². The Kier molecular flexibility index (Phi) is 2.99. The van der Waals surface area contributed by atoms with Crippen molar-refractivity contribution in [1.29, 1.82) is 0 Å². The molecular formula is C10H13ClO. The first-order valence-corrected chi connectivity index (χ1v) is 4.40. The van der Waals surface area contributed by atoms with Gasteiger partial charge in [0.05, 0.1) is 6.10 Å². The van der Waals surface area contributed by atoms with Gasteiger partial charge in [0, 0.05) is 5.02 Å². The van der Waals surface area contributed by atoms with Crippen LogP contribution in [-0.2, 0) is 0 Å². The maximum absolute atomic E-state index is 5.80. The molecule has 0 bridgehead atoms. The first-order chi connectivity index (χ1) is 5.59. The molecule has 1 aromatic carbocycles. The predicted molar refractivity (Wildman–Crippen MR) is 52.0 cm³/mol. The third-order valence-electron chi connectivity index (χ3n) is 1.50. The summed E-state index contributed by atoms with van der Waals surface area (Å²) in [5, 5.41) is 0.753. The number of hydrogen-bond acceptors (Lipinski definition) is 1. The third kappa shape index (κ3) is 2.42. The summed E-state index contributed by atoms with van der Waals surface area (Å²) in [6.45, 7) is 6.01. The summed E-state index contributed by atoms with van der Waals surface area (Å²) in [4.78, 5) is 0. The lowest BCUT2D eigenvalue weighted by Gasteiger charge is -2.11. The van der Waals surface area contributed by atoms with Crippen molar-refractivity contribution in [2.45, 2.75) is 26.9 Å². The van der Waals surface area contributed by atoms with E-state index in [4.69, 9.17) is 16.3 Å². The van der Waals surface area contributed by atoms with Gasteiger partial charge in [-0.05, 0) is 44.5 Å². The van der Waals surface area contributed by atoms with Crippen LogP contribution in [0.2, 0.25) is 5.02 Å². The highest BCUT2D eigenvalue weighted by Crippen LogP contribution is 2.22. The van der Waals surface area contributed by atoms with Crippen molar-refractivity contribution in [3.8, 4) is 5.75 Å². The van der Waals surface area contributed by atoms with Crippen LogP contribution in [-0.4, -0.2) is 6.10 Å². The van der Waals surface area contributed by atoms with Crippen molar-refractivity contribution < 1.29 is 4.74 Å². The van der Waals surface area contributed by atoms with E-state index in [0.29, 0.717) is 0 Å². The Morgan fingerprint density at radius 1 is 1.33 bits per heavy atom. The standard InChI is InChI=1S/C10H13ClO/c1-7(2)12-10-5-4-9(11)6-8(10)3/h4-7H,1-3H3. The minimum Gasteiger partial charge on any atom is -0.491 e. The molecule has 0 radical (unpaired) electrons. The molecule has 0 heterocycles. The summed E-state index contributed by atoms with van der Waals surface area (Å²) in [6, 6.07) is 5.64. The molecule has 0 saturated heterocycles. The quantitative estimate of drug-likeness (QED) is 0.684. The zero-order valence-electron chi connectivity index (χ0n) is 7.60. The first kappa shape index (κ1) is 9.40. The van der Waals surface area contributed by atoms with Gasteiger partial charge >= 0.3 is 0 Å². The lowest BCUT2D eigenvalue weighted by molar-refractivity contribution is 0.241. The van der Waals surface area contributed by atoms with Crippen LogP contribution in [0.3, 0.4) is 0 Å². The van der Waals surface area contributed by atoms with Crippen LogP contribution >= 0.6 is 11.6 Å². The second-order valence-electron chi connectivity index (χ2n) is 3.08. The van der Waals surface area contributed by atoms with Gasteiger partial charge in [-0.25, -0.2) is 0 Å². The van der Waals surface area contributed by atoms with Crippen molar-refractivity contribution >= 4 is 11.6 Å². The predicted octanol–water partition coefficient (Wildman–Crippen LogP) is 3.44. The Morgan fingerprint density at radius 2 is 2.00 bits per heavy atom. The number of hydrogen-bond donors (Lipinski definition) is 0. The van der Waals surface area contributed by atoms with Crippen LogP contribution in [0.1, 0.15) is 19.4 Å². The normalized spacial score (nSPS) is 10.4. The zero-order chi connectivity index (χ0) is 9.14. The van der Waals surface area contributed by atoms with Gasteiger partial charge in [0.1, 0.15) is 5.75 Å². The molecular weight excluding hydrogens is 172 g/mol. The molecule has 1 aromatic rings. The summed E-state index contributed by atoms with van der Waals surface area (Å²) in [7, 11) is 0. The average Bonchev–Trinajstić information content (AvgIpc) is 1.94. The molecule has 0 N–H and O–H groups in total. The van der Waals surface area contributed by atoms with E-state index in [1.807, 2.05) is 39.0 Å². The highest BCUT2D eigenvalue weighted by atomic mass is 35.5. The SMILES string of the molecule is Cc1cc(Cl)ccc1OC(C)C. The van der Waals surface area contributed by atoms with Crippen molar-refractivity contribution in [2.24, 2.45) is 0 Å². The summed E-state index contributed by atoms with van der Waals surface area (Å²) in [5.74, 6) is 0.911. The monoisotopic (exact) mass is 184 g/mol. The molecule has 12 heavy (non-hydrogen) atoms. The van der Waals surface area contributed by atoms with Gasteiger partial charge in [-0.3, -0.25) is 0 Å². The number of halogens is 1. The number of aryl methyl sites for hydroxylation is 1. The highest BCUT2D eigenvalue weighted by Gasteiger charge is 2.01. The molecule has 0 spiro atoms. The van der Waals surface area contributed by atoms with E-state index in [-0.39, 0.29) is 6.10 Å². The molecule has 0 saturated carbocycles. The summed E-state index contributed by atoms with van der Waals surface area (Å²) in [6.07, 6.45) is 0.213. The van der Waals surface area contributed by atoms with Crippen LogP contribution in [0.15, 0.2) is 18.2 Å². The second kappa shape index (κ2) is 3.81. The summed E-state index contributed by atoms with van der Waals surface area (Å²) < 4.78 is 5.54. The first-order valence-electron chi connectivity index (χ1n) is 4.02. The van der Waals surface area contributed by atoms with Crippen LogP contribution in [0.5, 0.6) is 5.75 Å². The molecule has 0 aromatic heterocycles. The smallest absolute Gasteiger partial charge is 0.122 e. The molecule has 0 atom stereocenters. The van der Waals surface area contributed by atoms with E-state index in [0.717, 1.165) is 16.3 Å². The maximum atomic E-state index is 5.80. The lowest BCUT2D eigenvalue weighted by Crippen LogP contribution is -2.06. The summed E-state index contributed by atoms with van der Waals surface area (Å²) >= 11 is 5.80. The minimum absolute atomic E-state index is 0.213. The van der Waals surface area contributed by atoms with Gasteiger partial charge in [-0.15, -0.1) is 0 Å². The molecule has 2 heteroatoms. The van der Waals surface area contributed by atoms with Crippen LogP contribution in [0, 0.1) is 6.92 Å². The van der Waals surface area contributed by atoms with Crippen molar-refractivity contribution in [3.63, 3.8) is 0 Å². The van der Waals surface area contributed by atoms with Gasteiger partial charge in [0.25, 0.3) is 0 Å². The van der Waals surface area contributed by atoms with Gasteiger partial charge in [0.15, 0.2) is 0 Å². The molecule has 0 amide bonds. The Balaban J connectivity index is 2.86. The van der Waals surface area contributed by atoms with Gasteiger partial charge in [-0.1, -0.05) is 11.6 Å². The fourth-order valence-electron chi connectivity index (χ4n) is 0.999. The lowest BCUT2D eigenvalue weighted by atomic mass is 10.2. The largest absolute Gasteiger partial charge is 0.491 e. The molecule has 0 unspecified atom stereocenters. The summed E-state index contributed by atoms with van der Waals surface area (Å²) in [5.41, 5.74) is 1.08. The third-order valence-corrected chi connectivity index (χ3v) is 1.73. The molecule has 0 aliphatic heterocycles. The molecule has 0 fully saturated rings. The maximum Gasteiger partial charge on any atom is 0.122 e. The van der Waals surface area contributed by atoms with Crippen LogP contribution < -0.4 is 4.74 Å². The van der Waals surface area contributed by atoms with Crippen LogP contribution in [0.4, 0.5) is 0 Å². The molecule has 1 rings (SSSR count). The molecule has 0 aliphatic carbocycles. The van der Waals surface area contributed by atoms with E-state index in [1.54, 1.807) is 0 Å². The average molecular weight is 185 g/mol. The van der Waals surface area contributed by atoms with E-state index in [2.05, 4.69) is 0 Å². The number of benzene rings is 1.